The molecule has 0 spiro atoms. The number of para-hydroxylation sites is 2. The van der Waals surface area contributed by atoms with Crippen molar-refractivity contribution in [1.82, 2.24) is 9.80 Å². The first-order valence-electron chi connectivity index (χ1n) is 16.0. The Bertz CT molecular complexity index is 1630. The van der Waals surface area contributed by atoms with Crippen LogP contribution < -0.4 is 19.1 Å². The van der Waals surface area contributed by atoms with Gasteiger partial charge in [-0.3, -0.25) is 14.5 Å². The fraction of sp³-hybridized carbons (Fsp3) is 0.316. The summed E-state index contributed by atoms with van der Waals surface area (Å²) in [6, 6.07) is 31.6. The summed E-state index contributed by atoms with van der Waals surface area (Å²) in [6.07, 6.45) is 1.90. The molecule has 0 unspecified atom stereocenters. The van der Waals surface area contributed by atoms with E-state index in [9.17, 15) is 9.59 Å². The first kappa shape index (κ1) is 31.2. The third kappa shape index (κ3) is 7.87. The van der Waals surface area contributed by atoms with Crippen LogP contribution in [0.25, 0.3) is 0 Å². The van der Waals surface area contributed by atoms with Gasteiger partial charge in [-0.1, -0.05) is 72.8 Å². The summed E-state index contributed by atoms with van der Waals surface area (Å²) < 4.78 is 16.9. The van der Waals surface area contributed by atoms with E-state index in [0.717, 1.165) is 54.9 Å². The van der Waals surface area contributed by atoms with Crippen LogP contribution in [0.3, 0.4) is 0 Å². The maximum Gasteiger partial charge on any atom is 0.264 e. The van der Waals surface area contributed by atoms with Gasteiger partial charge in [0.15, 0.2) is 18.1 Å². The molecule has 0 atom stereocenters. The number of amides is 2. The van der Waals surface area contributed by atoms with Crippen LogP contribution in [0, 0.1) is 6.92 Å². The van der Waals surface area contributed by atoms with Crippen molar-refractivity contribution in [1.29, 1.82) is 0 Å². The molecule has 6 rings (SSSR count). The van der Waals surface area contributed by atoms with Gasteiger partial charge in [-0.15, -0.1) is 0 Å². The Hall–Kier alpha value is -4.82. The Kier molecular flexibility index (Phi) is 10.1. The van der Waals surface area contributed by atoms with E-state index >= 15 is 0 Å². The van der Waals surface area contributed by atoms with Gasteiger partial charge in [0.2, 0.25) is 12.7 Å². The SMILES string of the molecule is Cc1cccc2c1N(C(=O)COc1ccccc1)CCCN(Cc1ccccc1)CCCN(C(=O)Cc1ccc3c(c1)OCO3)C2. The van der Waals surface area contributed by atoms with Crippen LogP contribution in [0.5, 0.6) is 17.2 Å². The van der Waals surface area contributed by atoms with Crippen molar-refractivity contribution in [3.8, 4) is 17.2 Å². The van der Waals surface area contributed by atoms with Crippen LogP contribution in [-0.4, -0.2) is 61.2 Å². The molecule has 0 saturated carbocycles. The van der Waals surface area contributed by atoms with Gasteiger partial charge in [0.25, 0.3) is 5.91 Å². The number of carbonyl (C=O) groups is 2. The molecule has 2 heterocycles. The Morgan fingerprint density at radius 1 is 0.739 bits per heavy atom. The molecule has 46 heavy (non-hydrogen) atoms. The molecule has 0 aliphatic carbocycles. The summed E-state index contributed by atoms with van der Waals surface area (Å²) in [7, 11) is 0. The second-order valence-electron chi connectivity index (χ2n) is 11.9. The number of anilines is 1. The maximum absolute atomic E-state index is 14.0. The normalized spacial score (nSPS) is 15.4. The highest BCUT2D eigenvalue weighted by molar-refractivity contribution is 5.96. The molecule has 0 fully saturated rings. The van der Waals surface area contributed by atoms with Crippen molar-refractivity contribution in [3.05, 3.63) is 119 Å². The predicted molar refractivity (Wildman–Crippen MR) is 178 cm³/mol. The van der Waals surface area contributed by atoms with Crippen molar-refractivity contribution < 1.29 is 23.8 Å². The van der Waals surface area contributed by atoms with E-state index in [1.807, 2.05) is 89.5 Å². The first-order chi connectivity index (χ1) is 22.5. The molecule has 2 aliphatic heterocycles. The molecular weight excluding hydrogens is 578 g/mol. The summed E-state index contributed by atoms with van der Waals surface area (Å²) in [5, 5.41) is 0. The van der Waals surface area contributed by atoms with Crippen molar-refractivity contribution in [3.63, 3.8) is 0 Å². The van der Waals surface area contributed by atoms with Crippen molar-refractivity contribution in [2.45, 2.75) is 39.3 Å². The summed E-state index contributed by atoms with van der Waals surface area (Å²) in [5.74, 6) is 1.95. The smallest absolute Gasteiger partial charge is 0.264 e. The Morgan fingerprint density at radius 2 is 1.48 bits per heavy atom. The number of hydrogen-bond acceptors (Lipinski definition) is 6. The molecule has 0 aromatic heterocycles. The summed E-state index contributed by atoms with van der Waals surface area (Å²) >= 11 is 0. The molecule has 0 saturated heterocycles. The zero-order chi connectivity index (χ0) is 31.7. The first-order valence-corrected chi connectivity index (χ1v) is 16.0. The Labute approximate surface area is 271 Å². The molecule has 0 N–H and O–H groups in total. The van der Waals surface area contributed by atoms with Gasteiger partial charge >= 0.3 is 0 Å². The van der Waals surface area contributed by atoms with Crippen LogP contribution in [0.1, 0.15) is 35.1 Å². The number of nitrogens with zero attached hydrogens (tertiary/aromatic N) is 3. The maximum atomic E-state index is 14.0. The van der Waals surface area contributed by atoms with Crippen LogP contribution >= 0.6 is 0 Å². The highest BCUT2D eigenvalue weighted by atomic mass is 16.7. The molecule has 8 heteroatoms. The number of aryl methyl sites for hydroxylation is 1. The fourth-order valence-electron chi connectivity index (χ4n) is 6.22. The van der Waals surface area contributed by atoms with E-state index in [4.69, 9.17) is 14.2 Å². The minimum Gasteiger partial charge on any atom is -0.484 e. The van der Waals surface area contributed by atoms with Gasteiger partial charge in [0.05, 0.1) is 12.1 Å². The van der Waals surface area contributed by atoms with Crippen molar-refractivity contribution in [2.75, 3.05) is 44.5 Å². The summed E-state index contributed by atoms with van der Waals surface area (Å²) in [4.78, 5) is 34.1. The topological polar surface area (TPSA) is 71.6 Å². The average Bonchev–Trinajstić information content (AvgIpc) is 3.54. The molecule has 0 radical (unpaired) electrons. The van der Waals surface area contributed by atoms with Crippen molar-refractivity contribution in [2.24, 2.45) is 0 Å². The molecule has 238 valence electrons. The fourth-order valence-corrected chi connectivity index (χ4v) is 6.22. The van der Waals surface area contributed by atoms with Crippen LogP contribution in [-0.2, 0) is 29.1 Å². The molecular formula is C38H41N3O5. The minimum atomic E-state index is -0.107. The summed E-state index contributed by atoms with van der Waals surface area (Å²) in [5.41, 5.74) is 4.93. The molecule has 0 bridgehead atoms. The van der Waals surface area contributed by atoms with Crippen LogP contribution in [0.2, 0.25) is 0 Å². The monoisotopic (exact) mass is 619 g/mol. The highest BCUT2D eigenvalue weighted by Crippen LogP contribution is 2.33. The van der Waals surface area contributed by atoms with E-state index in [1.165, 1.54) is 5.56 Å². The second kappa shape index (κ2) is 15.0. The van der Waals surface area contributed by atoms with Gasteiger partial charge in [0, 0.05) is 39.3 Å². The van der Waals surface area contributed by atoms with Gasteiger partial charge in [-0.05, 0) is 66.3 Å². The van der Waals surface area contributed by atoms with E-state index in [0.29, 0.717) is 36.9 Å². The number of rotatable bonds is 7. The molecule has 8 nitrogen and oxygen atoms in total. The lowest BCUT2D eigenvalue weighted by Crippen LogP contribution is -2.41. The van der Waals surface area contributed by atoms with Crippen LogP contribution in [0.4, 0.5) is 5.69 Å². The Balaban J connectivity index is 1.28. The standard InChI is InChI=1S/C38H41N3O5/c1-29-11-8-14-32-26-40(36(42)24-31-17-18-34-35(23-31)46-28-45-34)21-9-19-39(25-30-12-4-2-5-13-30)20-10-22-41(38(29)32)37(43)27-44-33-15-6-3-7-16-33/h2-8,11-18,23H,9-10,19-22,24-28H2,1H3. The van der Waals surface area contributed by atoms with E-state index < -0.39 is 0 Å². The number of carbonyl (C=O) groups excluding carboxylic acids is 2. The predicted octanol–water partition coefficient (Wildman–Crippen LogP) is 6.00. The molecule has 4 aromatic carbocycles. The van der Waals surface area contributed by atoms with Gasteiger partial charge < -0.3 is 24.0 Å². The highest BCUT2D eigenvalue weighted by Gasteiger charge is 2.25. The van der Waals surface area contributed by atoms with Gasteiger partial charge in [0.1, 0.15) is 5.75 Å². The van der Waals surface area contributed by atoms with Gasteiger partial charge in [-0.25, -0.2) is 0 Å². The lowest BCUT2D eigenvalue weighted by Gasteiger charge is -2.32. The zero-order valence-corrected chi connectivity index (χ0v) is 26.4. The van der Waals surface area contributed by atoms with Gasteiger partial charge in [-0.2, -0.15) is 0 Å². The number of hydrogen-bond donors (Lipinski definition) is 0. The van der Waals surface area contributed by atoms with Crippen molar-refractivity contribution >= 4 is 17.5 Å². The zero-order valence-electron chi connectivity index (χ0n) is 26.4. The third-order valence-corrected chi connectivity index (χ3v) is 8.51. The average molecular weight is 620 g/mol. The number of fused-ring (bicyclic) bond motifs is 2. The Morgan fingerprint density at radius 3 is 2.28 bits per heavy atom. The second-order valence-corrected chi connectivity index (χ2v) is 11.9. The number of ether oxygens (including phenoxy) is 3. The van der Waals surface area contributed by atoms with E-state index in [1.54, 1.807) is 0 Å². The minimum absolute atomic E-state index is 0.0308. The number of benzene rings is 4. The largest absolute Gasteiger partial charge is 0.484 e. The van der Waals surface area contributed by atoms with E-state index in [2.05, 4.69) is 29.2 Å². The molecule has 2 amide bonds. The molecule has 4 aromatic rings. The van der Waals surface area contributed by atoms with Crippen LogP contribution in [0.15, 0.2) is 97.1 Å². The third-order valence-electron chi connectivity index (χ3n) is 8.51. The lowest BCUT2D eigenvalue weighted by molar-refractivity contribution is -0.131. The molecule has 2 aliphatic rings. The lowest BCUT2D eigenvalue weighted by atomic mass is 10.0. The quantitative estimate of drug-likeness (QED) is 0.253. The summed E-state index contributed by atoms with van der Waals surface area (Å²) in [6.45, 7) is 6.19. The van der Waals surface area contributed by atoms with E-state index in [-0.39, 0.29) is 31.6 Å².